The van der Waals surface area contributed by atoms with Crippen molar-refractivity contribution in [1.82, 2.24) is 5.32 Å². The summed E-state index contributed by atoms with van der Waals surface area (Å²) in [7, 11) is 1.51. The summed E-state index contributed by atoms with van der Waals surface area (Å²) in [6, 6.07) is -0.849. The predicted octanol–water partition coefficient (Wildman–Crippen LogP) is 23.7. The van der Waals surface area contributed by atoms with Crippen LogP contribution in [0.1, 0.15) is 361 Å². The minimum absolute atomic E-state index is 0.0409. The van der Waals surface area contributed by atoms with Gasteiger partial charge in [-0.3, -0.25) is 18.6 Å². The smallest absolute Gasteiger partial charge is 0.456 e. The highest BCUT2D eigenvalue weighted by Gasteiger charge is 2.30. The van der Waals surface area contributed by atoms with Gasteiger partial charge in [0.2, 0.25) is 5.91 Å². The Morgan fingerprint density at radius 3 is 1.07 bits per heavy atom. The van der Waals surface area contributed by atoms with E-state index in [-0.39, 0.29) is 25.1 Å². The van der Waals surface area contributed by atoms with Gasteiger partial charge in [0.15, 0.2) is 0 Å². The average Bonchev–Trinajstić information content (AvgIpc) is 3.65. The number of hydrogen-bond donors (Lipinski definition) is 2. The fraction of sp³-hybridized carbons (Fsp3) is 0.842. The van der Waals surface area contributed by atoms with E-state index in [1.807, 2.05) is 33.3 Å². The van der Waals surface area contributed by atoms with E-state index < -0.39 is 20.0 Å². The van der Waals surface area contributed by atoms with Crippen LogP contribution in [0.25, 0.3) is 0 Å². The number of carbonyl (C=O) groups excluding carboxylic acids is 2. The van der Waals surface area contributed by atoms with Gasteiger partial charge in [0.25, 0.3) is 0 Å². The first-order chi connectivity index (χ1) is 41.9. The molecule has 0 rings (SSSR count). The number of nitrogens with zero attached hydrogens (tertiary/aromatic N) is 1. The maximum atomic E-state index is 13.6. The molecule has 10 heteroatoms. The summed E-state index contributed by atoms with van der Waals surface area (Å²) in [5, 5.41) is 3.08. The molecule has 3 atom stereocenters. The third-order valence-electron chi connectivity index (χ3n) is 16.7. The molecule has 0 aliphatic heterocycles. The standard InChI is InChI=1S/C76H143N2O7P/c1-7-10-13-16-19-22-25-28-30-32-34-36-38-39-41-43-45-47-49-51-54-57-60-63-66-69-76(80)85-74(67-64-61-58-55-52-27-24-21-18-15-12-9-3)73(72-84-86(81,82)83-71-70-78(4,5)6)77-75(79)68-65-62-59-56-53-50-48-46-44-42-40-37-35-33-31-29-26-23-20-17-14-11-8-2/h19-20,22-23,28-31,64,67,73-74H,7-18,21,24-27,32-63,65-66,68-72H2,1-6H3,(H-,77,79,81,82)/p+1/b22-19-,23-20-,30-28-,31-29-,67-64+. The van der Waals surface area contributed by atoms with E-state index in [4.69, 9.17) is 13.8 Å². The Hall–Kier alpha value is -2.29. The van der Waals surface area contributed by atoms with E-state index in [0.717, 1.165) is 70.6 Å². The Balaban J connectivity index is 4.99. The van der Waals surface area contributed by atoms with Gasteiger partial charge in [-0.15, -0.1) is 0 Å². The van der Waals surface area contributed by atoms with Crippen LogP contribution in [0.4, 0.5) is 0 Å². The van der Waals surface area contributed by atoms with Gasteiger partial charge >= 0.3 is 13.8 Å². The first-order valence-electron chi connectivity index (χ1n) is 37.1. The molecule has 504 valence electrons. The zero-order chi connectivity index (χ0) is 62.8. The van der Waals surface area contributed by atoms with Crippen LogP contribution in [-0.2, 0) is 27.9 Å². The summed E-state index contributed by atoms with van der Waals surface area (Å²) in [5.74, 6) is -0.491. The highest BCUT2D eigenvalue weighted by Crippen LogP contribution is 2.43. The molecule has 0 radical (unpaired) electrons. The van der Waals surface area contributed by atoms with Gasteiger partial charge in [-0.25, -0.2) is 4.57 Å². The second-order valence-corrected chi connectivity index (χ2v) is 27.9. The number of esters is 1. The summed E-state index contributed by atoms with van der Waals surface area (Å²) in [5.41, 5.74) is 0. The fourth-order valence-corrected chi connectivity index (χ4v) is 11.7. The van der Waals surface area contributed by atoms with Crippen LogP contribution < -0.4 is 5.32 Å². The quantitative estimate of drug-likeness (QED) is 0.0205. The highest BCUT2D eigenvalue weighted by atomic mass is 31.2. The van der Waals surface area contributed by atoms with E-state index in [1.165, 1.54) is 257 Å². The van der Waals surface area contributed by atoms with Gasteiger partial charge in [0, 0.05) is 12.8 Å². The maximum absolute atomic E-state index is 13.6. The number of unbranched alkanes of at least 4 members (excludes halogenated alkanes) is 44. The van der Waals surface area contributed by atoms with Gasteiger partial charge in [-0.05, 0) is 96.0 Å². The van der Waals surface area contributed by atoms with Crippen molar-refractivity contribution >= 4 is 19.7 Å². The number of nitrogens with one attached hydrogen (secondary N) is 1. The van der Waals surface area contributed by atoms with Crippen molar-refractivity contribution in [3.05, 3.63) is 60.8 Å². The third kappa shape index (κ3) is 66.1. The van der Waals surface area contributed by atoms with Crippen molar-refractivity contribution < 1.29 is 37.3 Å². The molecule has 0 aliphatic rings. The summed E-state index contributed by atoms with van der Waals surface area (Å²) in [4.78, 5) is 38.0. The molecule has 0 spiro atoms. The third-order valence-corrected chi connectivity index (χ3v) is 17.7. The number of hydrogen-bond acceptors (Lipinski definition) is 6. The van der Waals surface area contributed by atoms with Gasteiger partial charge in [-0.1, -0.05) is 313 Å². The van der Waals surface area contributed by atoms with Gasteiger partial charge in [0.1, 0.15) is 19.3 Å². The van der Waals surface area contributed by atoms with E-state index in [9.17, 15) is 19.0 Å². The van der Waals surface area contributed by atoms with Crippen molar-refractivity contribution in [3.63, 3.8) is 0 Å². The molecule has 0 aromatic rings. The molecule has 9 nitrogen and oxygen atoms in total. The lowest BCUT2D eigenvalue weighted by Gasteiger charge is -2.27. The van der Waals surface area contributed by atoms with Crippen LogP contribution in [0.2, 0.25) is 0 Å². The van der Waals surface area contributed by atoms with Crippen LogP contribution in [0.3, 0.4) is 0 Å². The van der Waals surface area contributed by atoms with Crippen LogP contribution in [0.5, 0.6) is 0 Å². The lowest BCUT2D eigenvalue weighted by atomic mass is 10.0. The molecule has 0 aromatic carbocycles. The van der Waals surface area contributed by atoms with Gasteiger partial charge < -0.3 is 19.4 Å². The van der Waals surface area contributed by atoms with E-state index in [0.29, 0.717) is 23.9 Å². The second kappa shape index (κ2) is 65.7. The number of allylic oxidation sites excluding steroid dienone is 9. The molecular weight excluding hydrogens is 1080 g/mol. The van der Waals surface area contributed by atoms with Gasteiger partial charge in [0.05, 0.1) is 33.8 Å². The summed E-state index contributed by atoms with van der Waals surface area (Å²) in [6.45, 7) is 7.01. The van der Waals surface area contributed by atoms with Crippen molar-refractivity contribution in [3.8, 4) is 0 Å². The summed E-state index contributed by atoms with van der Waals surface area (Å²) >= 11 is 0. The number of likely N-dealkylation sites (N-methyl/N-ethyl adjacent to an activating group) is 1. The largest absolute Gasteiger partial charge is 0.472 e. The molecule has 0 saturated carbocycles. The molecule has 0 aromatic heterocycles. The topological polar surface area (TPSA) is 111 Å². The predicted molar refractivity (Wildman–Crippen MR) is 374 cm³/mol. The molecular formula is C76H144N2O7P+. The SMILES string of the molecule is CCCCC/C=C\C/C=C\CCCCCCCCCCCCCCCCCC(=O)OC(/C=C/CCCCCCCCCCCC)C(COP(=O)(O)OCC[N+](C)(C)C)NC(=O)CCCCCCCCCCCCCCC/C=C\C/C=C\CCCCC. The monoisotopic (exact) mass is 1230 g/mol. The molecule has 0 bridgehead atoms. The number of phosphoric ester groups is 1. The van der Waals surface area contributed by atoms with Crippen LogP contribution >= 0.6 is 7.82 Å². The molecule has 0 fully saturated rings. The van der Waals surface area contributed by atoms with Crippen molar-refractivity contribution in [2.24, 2.45) is 0 Å². The zero-order valence-corrected chi connectivity index (χ0v) is 58.7. The van der Waals surface area contributed by atoms with Crippen LogP contribution in [-0.4, -0.2) is 74.3 Å². The molecule has 0 aliphatic carbocycles. The van der Waals surface area contributed by atoms with Gasteiger partial charge in [-0.2, -0.15) is 0 Å². The zero-order valence-electron chi connectivity index (χ0n) is 57.8. The molecule has 0 heterocycles. The lowest BCUT2D eigenvalue weighted by molar-refractivity contribution is -0.870. The molecule has 86 heavy (non-hydrogen) atoms. The minimum atomic E-state index is -4.46. The number of carbonyl (C=O) groups is 2. The van der Waals surface area contributed by atoms with E-state index in [1.54, 1.807) is 0 Å². The van der Waals surface area contributed by atoms with Crippen molar-refractivity contribution in [1.29, 1.82) is 0 Å². The highest BCUT2D eigenvalue weighted by molar-refractivity contribution is 7.47. The Bertz CT molecular complexity index is 1650. The molecule has 2 N–H and O–H groups in total. The second-order valence-electron chi connectivity index (χ2n) is 26.5. The Labute approximate surface area is 534 Å². The minimum Gasteiger partial charge on any atom is -0.456 e. The first kappa shape index (κ1) is 83.7. The Morgan fingerprint density at radius 2 is 0.709 bits per heavy atom. The van der Waals surface area contributed by atoms with E-state index in [2.05, 4.69) is 74.7 Å². The van der Waals surface area contributed by atoms with Crippen molar-refractivity contribution in [2.45, 2.75) is 373 Å². The van der Waals surface area contributed by atoms with Crippen molar-refractivity contribution in [2.75, 3.05) is 40.9 Å². The lowest BCUT2D eigenvalue weighted by Crippen LogP contribution is -2.47. The molecule has 0 saturated heterocycles. The number of amides is 1. The fourth-order valence-electron chi connectivity index (χ4n) is 10.9. The molecule has 1 amide bonds. The van der Waals surface area contributed by atoms with Crippen LogP contribution in [0.15, 0.2) is 60.8 Å². The average molecular weight is 1230 g/mol. The number of rotatable bonds is 68. The summed E-state index contributed by atoms with van der Waals surface area (Å²) < 4.78 is 30.9. The Kier molecular flexibility index (Phi) is 63.9. The Morgan fingerprint density at radius 1 is 0.407 bits per heavy atom. The molecule has 3 unspecified atom stereocenters. The van der Waals surface area contributed by atoms with E-state index >= 15 is 0 Å². The number of phosphoric acid groups is 1. The van der Waals surface area contributed by atoms with Crippen LogP contribution in [0, 0.1) is 0 Å². The normalized spacial score (nSPS) is 13.8. The maximum Gasteiger partial charge on any atom is 0.472 e. The number of ether oxygens (including phenoxy) is 1. The first-order valence-corrected chi connectivity index (χ1v) is 38.6. The summed E-state index contributed by atoms with van der Waals surface area (Å²) in [6.07, 6.45) is 85.2. The number of quaternary nitrogens is 1.